The lowest BCUT2D eigenvalue weighted by molar-refractivity contribution is 0.355. The smallest absolute Gasteiger partial charge is 0.293 e. The number of benzene rings is 1. The Morgan fingerprint density at radius 2 is 1.89 bits per heavy atom. The van der Waals surface area contributed by atoms with E-state index in [0.717, 1.165) is 12.8 Å². The molecule has 9 nitrogen and oxygen atoms in total. The molecule has 142 valence electrons. The van der Waals surface area contributed by atoms with Crippen molar-refractivity contribution in [2.24, 2.45) is 0 Å². The Morgan fingerprint density at radius 1 is 1.11 bits per heavy atom. The number of hydrogen-bond donors (Lipinski definition) is 1. The highest BCUT2D eigenvalue weighted by Gasteiger charge is 2.30. The Morgan fingerprint density at radius 3 is 2.59 bits per heavy atom. The molecule has 0 radical (unpaired) electrons. The van der Waals surface area contributed by atoms with Crippen molar-refractivity contribution in [3.05, 3.63) is 30.3 Å². The molecular formula is C17H17N3O6S. The molecule has 2 aromatic heterocycles. The van der Waals surface area contributed by atoms with Crippen molar-refractivity contribution in [3.63, 3.8) is 0 Å². The van der Waals surface area contributed by atoms with Crippen LogP contribution >= 0.6 is 0 Å². The van der Waals surface area contributed by atoms with Gasteiger partial charge in [0.2, 0.25) is 10.9 Å². The van der Waals surface area contributed by atoms with Crippen LogP contribution in [0.2, 0.25) is 0 Å². The topological polar surface area (TPSA) is 117 Å². The van der Waals surface area contributed by atoms with Gasteiger partial charge in [0.25, 0.3) is 15.9 Å². The van der Waals surface area contributed by atoms with E-state index in [0.29, 0.717) is 22.9 Å². The lowest BCUT2D eigenvalue weighted by atomic mass is 10.2. The summed E-state index contributed by atoms with van der Waals surface area (Å²) in [6.07, 6.45) is 1.68. The minimum Gasteiger partial charge on any atom is -0.493 e. The molecule has 0 atom stereocenters. The summed E-state index contributed by atoms with van der Waals surface area (Å²) in [4.78, 5) is 4.27. The van der Waals surface area contributed by atoms with E-state index in [1.807, 2.05) is 0 Å². The molecule has 0 aliphatic heterocycles. The minimum absolute atomic E-state index is 0.0105. The lowest BCUT2D eigenvalue weighted by Gasteiger charge is -2.07. The second-order valence-corrected chi connectivity index (χ2v) is 7.65. The van der Waals surface area contributed by atoms with Gasteiger partial charge >= 0.3 is 0 Å². The predicted octanol–water partition coefficient (Wildman–Crippen LogP) is 2.45. The summed E-state index contributed by atoms with van der Waals surface area (Å²) >= 11 is 0. The molecule has 1 saturated carbocycles. The van der Waals surface area contributed by atoms with Gasteiger partial charge in [-0.3, -0.25) is 0 Å². The van der Waals surface area contributed by atoms with E-state index < -0.39 is 10.0 Å². The largest absolute Gasteiger partial charge is 0.493 e. The van der Waals surface area contributed by atoms with Crippen LogP contribution in [0.4, 0.5) is 0 Å². The minimum atomic E-state index is -3.68. The first-order chi connectivity index (χ1) is 13.0. The summed E-state index contributed by atoms with van der Waals surface area (Å²) < 4.78 is 48.0. The second kappa shape index (κ2) is 6.71. The van der Waals surface area contributed by atoms with Crippen molar-refractivity contribution in [2.75, 3.05) is 14.2 Å². The van der Waals surface area contributed by atoms with Crippen molar-refractivity contribution < 1.29 is 26.8 Å². The molecule has 1 aromatic carbocycles. The quantitative estimate of drug-likeness (QED) is 0.653. The highest BCUT2D eigenvalue weighted by atomic mass is 32.2. The number of sulfonamides is 1. The lowest BCUT2D eigenvalue weighted by Crippen LogP contribution is -2.25. The van der Waals surface area contributed by atoms with E-state index in [4.69, 9.17) is 18.4 Å². The monoisotopic (exact) mass is 391 g/mol. The van der Waals surface area contributed by atoms with Crippen LogP contribution in [0, 0.1) is 0 Å². The maximum absolute atomic E-state index is 12.2. The van der Waals surface area contributed by atoms with E-state index in [-0.39, 0.29) is 22.8 Å². The van der Waals surface area contributed by atoms with Gasteiger partial charge in [-0.05, 0) is 43.2 Å². The van der Waals surface area contributed by atoms with E-state index in [1.54, 1.807) is 25.3 Å². The molecular weight excluding hydrogens is 374 g/mol. The van der Waals surface area contributed by atoms with Crippen LogP contribution in [-0.2, 0) is 10.0 Å². The Hall–Kier alpha value is -2.85. The van der Waals surface area contributed by atoms with Crippen molar-refractivity contribution in [3.8, 4) is 34.5 Å². The molecule has 1 N–H and O–H groups in total. The van der Waals surface area contributed by atoms with Gasteiger partial charge in [-0.1, -0.05) is 5.16 Å². The van der Waals surface area contributed by atoms with Crippen LogP contribution in [0.5, 0.6) is 11.5 Å². The molecule has 10 heteroatoms. The third-order valence-electron chi connectivity index (χ3n) is 4.02. The zero-order valence-corrected chi connectivity index (χ0v) is 15.4. The number of aromatic nitrogens is 2. The van der Waals surface area contributed by atoms with Crippen molar-refractivity contribution in [1.82, 2.24) is 14.9 Å². The fourth-order valence-corrected chi connectivity index (χ4v) is 3.71. The van der Waals surface area contributed by atoms with Crippen LogP contribution in [0.15, 0.2) is 44.4 Å². The molecule has 1 fully saturated rings. The van der Waals surface area contributed by atoms with Gasteiger partial charge in [0.1, 0.15) is 0 Å². The fourth-order valence-electron chi connectivity index (χ4n) is 2.47. The molecule has 0 bridgehead atoms. The number of rotatable bonds is 7. The first-order valence-corrected chi connectivity index (χ1v) is 9.67. The SMILES string of the molecule is COc1ccc(-c2noc(-c3ccc(S(=O)(=O)NC4CC4)o3)n2)cc1OC. The van der Waals surface area contributed by atoms with Gasteiger partial charge in [-0.15, -0.1) is 0 Å². The summed E-state index contributed by atoms with van der Waals surface area (Å²) in [6.45, 7) is 0. The summed E-state index contributed by atoms with van der Waals surface area (Å²) in [5, 5.41) is 3.73. The molecule has 1 aliphatic carbocycles. The van der Waals surface area contributed by atoms with Crippen LogP contribution in [-0.4, -0.2) is 38.8 Å². The predicted molar refractivity (Wildman–Crippen MR) is 93.9 cm³/mol. The Labute approximate surface area is 155 Å². The molecule has 2 heterocycles. The molecule has 3 aromatic rings. The van der Waals surface area contributed by atoms with Crippen LogP contribution in [0.3, 0.4) is 0 Å². The number of methoxy groups -OCH3 is 2. The number of furan rings is 1. The van der Waals surface area contributed by atoms with Gasteiger partial charge in [0, 0.05) is 11.6 Å². The van der Waals surface area contributed by atoms with E-state index >= 15 is 0 Å². The summed E-state index contributed by atoms with van der Waals surface area (Å²) in [5.41, 5.74) is 0.650. The highest BCUT2D eigenvalue weighted by Crippen LogP contribution is 2.32. The van der Waals surface area contributed by atoms with E-state index in [9.17, 15) is 8.42 Å². The molecule has 27 heavy (non-hydrogen) atoms. The third kappa shape index (κ3) is 3.53. The van der Waals surface area contributed by atoms with E-state index in [2.05, 4.69) is 14.9 Å². The first kappa shape index (κ1) is 17.6. The molecule has 0 spiro atoms. The van der Waals surface area contributed by atoms with Gasteiger partial charge in [0.15, 0.2) is 17.3 Å². The van der Waals surface area contributed by atoms with Crippen LogP contribution in [0.25, 0.3) is 23.0 Å². The zero-order valence-electron chi connectivity index (χ0n) is 14.6. The van der Waals surface area contributed by atoms with Crippen molar-refractivity contribution in [2.45, 2.75) is 24.0 Å². The average molecular weight is 391 g/mol. The summed E-state index contributed by atoms with van der Waals surface area (Å²) in [5.74, 6) is 1.66. The van der Waals surface area contributed by atoms with Gasteiger partial charge in [-0.2, -0.15) is 4.98 Å². The fraction of sp³-hybridized carbons (Fsp3) is 0.294. The highest BCUT2D eigenvalue weighted by molar-refractivity contribution is 7.89. The number of hydrogen-bond acceptors (Lipinski definition) is 8. The van der Waals surface area contributed by atoms with Gasteiger partial charge < -0.3 is 18.4 Å². The summed E-state index contributed by atoms with van der Waals surface area (Å²) in [7, 11) is -0.605. The maximum atomic E-state index is 12.2. The molecule has 0 amide bonds. The number of nitrogens with zero attached hydrogens (tertiary/aromatic N) is 2. The van der Waals surface area contributed by atoms with E-state index in [1.165, 1.54) is 19.2 Å². The van der Waals surface area contributed by atoms with Crippen LogP contribution < -0.4 is 14.2 Å². The second-order valence-electron chi connectivity index (χ2n) is 6.01. The average Bonchev–Trinajstić information content (AvgIpc) is 3.16. The Balaban J connectivity index is 1.60. The zero-order chi connectivity index (χ0) is 19.0. The number of ether oxygens (including phenoxy) is 2. The first-order valence-electron chi connectivity index (χ1n) is 8.19. The van der Waals surface area contributed by atoms with Crippen molar-refractivity contribution >= 4 is 10.0 Å². The number of nitrogens with one attached hydrogen (secondary N) is 1. The Kier molecular flexibility index (Phi) is 4.36. The molecule has 1 aliphatic rings. The third-order valence-corrected chi connectivity index (χ3v) is 5.42. The standard InChI is InChI=1S/C17H17N3O6S/c1-23-12-6-3-10(9-14(12)24-2)16-18-17(26-19-16)13-7-8-15(25-13)27(21,22)20-11-4-5-11/h3,6-9,11,20H,4-5H2,1-2H3. The molecule has 0 saturated heterocycles. The molecule has 0 unspecified atom stereocenters. The van der Waals surface area contributed by atoms with Gasteiger partial charge in [0.05, 0.1) is 14.2 Å². The Bertz CT molecular complexity index is 1070. The van der Waals surface area contributed by atoms with Crippen LogP contribution in [0.1, 0.15) is 12.8 Å². The molecule has 4 rings (SSSR count). The maximum Gasteiger partial charge on any atom is 0.293 e. The summed E-state index contributed by atoms with van der Waals surface area (Å²) in [6, 6.07) is 8.03. The normalized spacial score (nSPS) is 14.3. The van der Waals surface area contributed by atoms with Gasteiger partial charge in [-0.25, -0.2) is 13.1 Å². The van der Waals surface area contributed by atoms with Crippen molar-refractivity contribution in [1.29, 1.82) is 0 Å².